The molecular formula is C15H21ClF3N3O. The molecule has 1 aromatic rings. The maximum Gasteiger partial charge on any atom is 0.411 e. The number of guanidine groups is 1. The van der Waals surface area contributed by atoms with E-state index in [0.29, 0.717) is 30.5 Å². The van der Waals surface area contributed by atoms with Crippen molar-refractivity contribution in [2.75, 3.05) is 33.4 Å². The molecule has 2 N–H and O–H groups in total. The Morgan fingerprint density at radius 1 is 1.26 bits per heavy atom. The zero-order valence-corrected chi connectivity index (χ0v) is 13.7. The number of rotatable bonds is 8. The highest BCUT2D eigenvalue weighted by molar-refractivity contribution is 6.30. The van der Waals surface area contributed by atoms with E-state index in [4.69, 9.17) is 11.6 Å². The lowest BCUT2D eigenvalue weighted by Gasteiger charge is -2.12. The first-order valence-corrected chi connectivity index (χ1v) is 7.62. The summed E-state index contributed by atoms with van der Waals surface area (Å²) in [5.74, 6) is 0.600. The van der Waals surface area contributed by atoms with E-state index in [1.807, 2.05) is 24.3 Å². The Morgan fingerprint density at radius 2 is 2.00 bits per heavy atom. The van der Waals surface area contributed by atoms with E-state index < -0.39 is 12.8 Å². The second-order valence-corrected chi connectivity index (χ2v) is 5.26. The molecule has 4 nitrogen and oxygen atoms in total. The van der Waals surface area contributed by atoms with Crippen LogP contribution < -0.4 is 10.6 Å². The molecule has 130 valence electrons. The number of hydrogen-bond acceptors (Lipinski definition) is 2. The quantitative estimate of drug-likeness (QED) is 0.430. The molecule has 0 saturated heterocycles. The number of alkyl halides is 3. The molecule has 0 atom stereocenters. The van der Waals surface area contributed by atoms with Crippen LogP contribution in [0.4, 0.5) is 13.2 Å². The van der Waals surface area contributed by atoms with Gasteiger partial charge in [-0.2, -0.15) is 13.2 Å². The fraction of sp³-hybridized carbons (Fsp3) is 0.533. The minimum atomic E-state index is -4.27. The SMILES string of the molecule is CN=C(NCCCOCC(F)(F)F)NCCc1cccc(Cl)c1. The molecule has 0 aliphatic carbocycles. The average molecular weight is 352 g/mol. The largest absolute Gasteiger partial charge is 0.411 e. The predicted octanol–water partition coefficient (Wildman–Crippen LogP) is 3.02. The summed E-state index contributed by atoms with van der Waals surface area (Å²) in [4.78, 5) is 4.04. The highest BCUT2D eigenvalue weighted by Crippen LogP contribution is 2.14. The van der Waals surface area contributed by atoms with Gasteiger partial charge < -0.3 is 15.4 Å². The fourth-order valence-electron chi connectivity index (χ4n) is 1.81. The van der Waals surface area contributed by atoms with Gasteiger partial charge in [0.05, 0.1) is 0 Å². The maximum atomic E-state index is 11.9. The molecule has 0 radical (unpaired) electrons. The Morgan fingerprint density at radius 3 is 2.65 bits per heavy atom. The molecule has 0 heterocycles. The number of ether oxygens (including phenoxy) is 1. The smallest absolute Gasteiger partial charge is 0.372 e. The number of nitrogens with one attached hydrogen (secondary N) is 2. The number of nitrogens with zero attached hydrogens (tertiary/aromatic N) is 1. The number of hydrogen-bond donors (Lipinski definition) is 2. The van der Waals surface area contributed by atoms with Crippen molar-refractivity contribution >= 4 is 17.6 Å². The van der Waals surface area contributed by atoms with Crippen LogP contribution in [0.15, 0.2) is 29.3 Å². The van der Waals surface area contributed by atoms with Gasteiger partial charge in [-0.15, -0.1) is 0 Å². The fourth-order valence-corrected chi connectivity index (χ4v) is 2.02. The van der Waals surface area contributed by atoms with E-state index in [1.54, 1.807) is 7.05 Å². The van der Waals surface area contributed by atoms with E-state index in [2.05, 4.69) is 20.4 Å². The molecule has 8 heteroatoms. The molecule has 0 aliphatic heterocycles. The monoisotopic (exact) mass is 351 g/mol. The summed E-state index contributed by atoms with van der Waals surface area (Å²) in [5, 5.41) is 6.84. The van der Waals surface area contributed by atoms with Crippen molar-refractivity contribution in [1.82, 2.24) is 10.6 Å². The van der Waals surface area contributed by atoms with Gasteiger partial charge in [0.2, 0.25) is 0 Å². The molecule has 0 fully saturated rings. The van der Waals surface area contributed by atoms with Crippen LogP contribution in [0, 0.1) is 0 Å². The lowest BCUT2D eigenvalue weighted by atomic mass is 10.1. The van der Waals surface area contributed by atoms with E-state index in [1.165, 1.54) is 0 Å². The minimum absolute atomic E-state index is 0.0476. The predicted molar refractivity (Wildman–Crippen MR) is 86.0 cm³/mol. The first-order chi connectivity index (χ1) is 10.9. The molecule has 1 rings (SSSR count). The van der Waals surface area contributed by atoms with Crippen LogP contribution >= 0.6 is 11.6 Å². The van der Waals surface area contributed by atoms with Gasteiger partial charge in [0.15, 0.2) is 5.96 Å². The highest BCUT2D eigenvalue weighted by Gasteiger charge is 2.27. The number of halogens is 4. The Bertz CT molecular complexity index is 495. The molecule has 0 saturated carbocycles. The summed E-state index contributed by atoms with van der Waals surface area (Å²) >= 11 is 5.91. The van der Waals surface area contributed by atoms with Crippen molar-refractivity contribution in [3.63, 3.8) is 0 Å². The summed E-state index contributed by atoms with van der Waals surface area (Å²) in [7, 11) is 1.63. The van der Waals surface area contributed by atoms with Gasteiger partial charge in [0.1, 0.15) is 6.61 Å². The van der Waals surface area contributed by atoms with Crippen molar-refractivity contribution in [2.24, 2.45) is 4.99 Å². The first kappa shape index (κ1) is 19.6. The van der Waals surface area contributed by atoms with E-state index >= 15 is 0 Å². The van der Waals surface area contributed by atoms with Crippen LogP contribution in [-0.2, 0) is 11.2 Å². The zero-order chi connectivity index (χ0) is 17.1. The third kappa shape index (κ3) is 10.0. The van der Waals surface area contributed by atoms with Crippen molar-refractivity contribution in [1.29, 1.82) is 0 Å². The summed E-state index contributed by atoms with van der Waals surface area (Å²) in [6.07, 6.45) is -3.02. The van der Waals surface area contributed by atoms with Crippen LogP contribution in [0.1, 0.15) is 12.0 Å². The molecule has 0 aliphatic rings. The standard InChI is InChI=1S/C15H21ClF3N3O/c1-20-14(21-7-3-9-23-11-15(17,18)19)22-8-6-12-4-2-5-13(16)10-12/h2,4-5,10H,3,6-9,11H2,1H3,(H2,20,21,22). The summed E-state index contributed by atoms with van der Waals surface area (Å²) in [5.41, 5.74) is 1.11. The minimum Gasteiger partial charge on any atom is -0.372 e. The van der Waals surface area contributed by atoms with Gasteiger partial charge in [-0.3, -0.25) is 4.99 Å². The van der Waals surface area contributed by atoms with Crippen LogP contribution in [0.5, 0.6) is 0 Å². The van der Waals surface area contributed by atoms with Gasteiger partial charge in [-0.05, 0) is 30.5 Å². The van der Waals surface area contributed by atoms with E-state index in [0.717, 1.165) is 12.0 Å². The topological polar surface area (TPSA) is 45.7 Å². The molecule has 0 unspecified atom stereocenters. The first-order valence-electron chi connectivity index (χ1n) is 7.24. The van der Waals surface area contributed by atoms with Crippen molar-refractivity contribution in [3.05, 3.63) is 34.9 Å². The molecule has 0 aromatic heterocycles. The van der Waals surface area contributed by atoms with Crippen LogP contribution in [0.3, 0.4) is 0 Å². The normalized spacial score (nSPS) is 12.3. The molecule has 0 amide bonds. The van der Waals surface area contributed by atoms with Gasteiger partial charge >= 0.3 is 6.18 Å². The molecule has 0 spiro atoms. The van der Waals surface area contributed by atoms with E-state index in [9.17, 15) is 13.2 Å². The van der Waals surface area contributed by atoms with Gasteiger partial charge in [-0.25, -0.2) is 0 Å². The van der Waals surface area contributed by atoms with Crippen molar-refractivity contribution < 1.29 is 17.9 Å². The Balaban J connectivity index is 2.13. The lowest BCUT2D eigenvalue weighted by Crippen LogP contribution is -2.39. The number of aliphatic imine (C=N–C) groups is 1. The van der Waals surface area contributed by atoms with Crippen LogP contribution in [0.2, 0.25) is 5.02 Å². The van der Waals surface area contributed by atoms with Crippen LogP contribution in [-0.4, -0.2) is 45.5 Å². The second-order valence-electron chi connectivity index (χ2n) is 4.83. The number of benzene rings is 1. The third-order valence-corrected chi connectivity index (χ3v) is 3.08. The Labute approximate surface area is 139 Å². The van der Waals surface area contributed by atoms with Gasteiger partial charge in [0, 0.05) is 31.8 Å². The maximum absolute atomic E-state index is 11.9. The summed E-state index contributed by atoms with van der Waals surface area (Å²) in [6.45, 7) is -0.00901. The second kappa shape index (κ2) is 10.3. The highest BCUT2D eigenvalue weighted by atomic mass is 35.5. The van der Waals surface area contributed by atoms with E-state index in [-0.39, 0.29) is 6.61 Å². The molecule has 0 bridgehead atoms. The Hall–Kier alpha value is -1.47. The van der Waals surface area contributed by atoms with Crippen LogP contribution in [0.25, 0.3) is 0 Å². The average Bonchev–Trinajstić information content (AvgIpc) is 2.48. The third-order valence-electron chi connectivity index (χ3n) is 2.84. The zero-order valence-electron chi connectivity index (χ0n) is 12.9. The molecular weight excluding hydrogens is 331 g/mol. The van der Waals surface area contributed by atoms with Crippen molar-refractivity contribution in [3.8, 4) is 0 Å². The summed E-state index contributed by atoms with van der Waals surface area (Å²) in [6, 6.07) is 7.60. The summed E-state index contributed by atoms with van der Waals surface area (Å²) < 4.78 is 40.1. The molecule has 1 aromatic carbocycles. The van der Waals surface area contributed by atoms with Gasteiger partial charge in [-0.1, -0.05) is 23.7 Å². The molecule has 23 heavy (non-hydrogen) atoms. The van der Waals surface area contributed by atoms with Gasteiger partial charge in [0.25, 0.3) is 0 Å². The van der Waals surface area contributed by atoms with Crippen molar-refractivity contribution in [2.45, 2.75) is 19.0 Å². The lowest BCUT2D eigenvalue weighted by molar-refractivity contribution is -0.173. The Kier molecular flexibility index (Phi) is 8.79.